The first-order chi connectivity index (χ1) is 11.1. The van der Waals surface area contributed by atoms with Crippen molar-refractivity contribution in [1.29, 1.82) is 0 Å². The summed E-state index contributed by atoms with van der Waals surface area (Å²) < 4.78 is 10.5. The molecule has 0 atom stereocenters. The molecule has 0 radical (unpaired) electrons. The van der Waals surface area contributed by atoms with Crippen LogP contribution in [0.3, 0.4) is 0 Å². The average Bonchev–Trinajstić information content (AvgIpc) is 2.55. The van der Waals surface area contributed by atoms with Gasteiger partial charge >= 0.3 is 5.97 Å². The molecule has 0 saturated carbocycles. The van der Waals surface area contributed by atoms with Gasteiger partial charge < -0.3 is 19.9 Å². The third-order valence-electron chi connectivity index (χ3n) is 2.91. The van der Waals surface area contributed by atoms with Crippen LogP contribution in [-0.4, -0.2) is 30.2 Å². The van der Waals surface area contributed by atoms with Crippen molar-refractivity contribution in [2.75, 3.05) is 18.5 Å². The number of carbonyl (C=O) groups excluding carboxylic acids is 1. The van der Waals surface area contributed by atoms with E-state index in [4.69, 9.17) is 14.6 Å². The van der Waals surface area contributed by atoms with E-state index in [9.17, 15) is 9.59 Å². The highest BCUT2D eigenvalue weighted by Gasteiger charge is 2.10. The van der Waals surface area contributed by atoms with Gasteiger partial charge in [0, 0.05) is 5.56 Å². The van der Waals surface area contributed by atoms with E-state index >= 15 is 0 Å². The molecular formula is C17H17NO5. The minimum absolute atomic E-state index is 0.290. The highest BCUT2D eigenvalue weighted by Crippen LogP contribution is 2.24. The van der Waals surface area contributed by atoms with Crippen molar-refractivity contribution < 1.29 is 24.2 Å². The van der Waals surface area contributed by atoms with Crippen molar-refractivity contribution in [3.8, 4) is 11.5 Å². The molecule has 2 aromatic rings. The number of ether oxygens (including phenoxy) is 2. The largest absolute Gasteiger partial charge is 0.492 e. The molecule has 0 heterocycles. The Kier molecular flexibility index (Phi) is 5.57. The van der Waals surface area contributed by atoms with Gasteiger partial charge in [-0.1, -0.05) is 12.1 Å². The summed E-state index contributed by atoms with van der Waals surface area (Å²) in [7, 11) is 0. The molecule has 0 fully saturated rings. The van der Waals surface area contributed by atoms with E-state index < -0.39 is 12.6 Å². The van der Waals surface area contributed by atoms with E-state index in [2.05, 4.69) is 5.32 Å². The molecule has 1 amide bonds. The van der Waals surface area contributed by atoms with E-state index in [1.807, 2.05) is 13.0 Å². The van der Waals surface area contributed by atoms with Gasteiger partial charge in [-0.15, -0.1) is 0 Å². The monoisotopic (exact) mass is 315 g/mol. The highest BCUT2D eigenvalue weighted by molar-refractivity contribution is 6.05. The first-order valence-electron chi connectivity index (χ1n) is 7.08. The number of hydrogen-bond donors (Lipinski definition) is 2. The second kappa shape index (κ2) is 7.84. The summed E-state index contributed by atoms with van der Waals surface area (Å²) in [5.41, 5.74) is 1.02. The fourth-order valence-electron chi connectivity index (χ4n) is 1.89. The lowest BCUT2D eigenvalue weighted by Crippen LogP contribution is -2.13. The fraction of sp³-hybridized carbons (Fsp3) is 0.176. The average molecular weight is 315 g/mol. The van der Waals surface area contributed by atoms with Crippen LogP contribution in [0.4, 0.5) is 5.69 Å². The standard InChI is InChI=1S/C17H17NO5/c1-2-22-15-6-4-3-5-14(15)18-17(21)12-7-9-13(10-8-12)23-11-16(19)20/h3-10H,2,11H2,1H3,(H,18,21)(H,19,20). The zero-order chi connectivity index (χ0) is 16.7. The fourth-order valence-corrected chi connectivity index (χ4v) is 1.89. The van der Waals surface area contributed by atoms with E-state index in [-0.39, 0.29) is 5.91 Å². The minimum Gasteiger partial charge on any atom is -0.492 e. The number of amides is 1. The van der Waals surface area contributed by atoms with Gasteiger partial charge in [-0.2, -0.15) is 0 Å². The number of rotatable bonds is 7. The third-order valence-corrected chi connectivity index (χ3v) is 2.91. The lowest BCUT2D eigenvalue weighted by molar-refractivity contribution is -0.139. The van der Waals surface area contributed by atoms with Gasteiger partial charge in [-0.25, -0.2) is 4.79 Å². The molecule has 0 aliphatic heterocycles. The molecule has 0 bridgehead atoms. The van der Waals surface area contributed by atoms with Gasteiger partial charge in [0.1, 0.15) is 11.5 Å². The van der Waals surface area contributed by atoms with Crippen molar-refractivity contribution in [2.45, 2.75) is 6.92 Å². The van der Waals surface area contributed by atoms with E-state index in [0.29, 0.717) is 29.4 Å². The molecule has 0 unspecified atom stereocenters. The maximum atomic E-state index is 12.2. The van der Waals surface area contributed by atoms with Crippen LogP contribution in [-0.2, 0) is 4.79 Å². The second-order valence-electron chi connectivity index (χ2n) is 4.59. The Balaban J connectivity index is 2.05. The summed E-state index contributed by atoms with van der Waals surface area (Å²) >= 11 is 0. The van der Waals surface area contributed by atoms with Gasteiger partial charge in [-0.3, -0.25) is 4.79 Å². The van der Waals surface area contributed by atoms with Crippen molar-refractivity contribution in [2.24, 2.45) is 0 Å². The molecule has 0 aliphatic rings. The second-order valence-corrected chi connectivity index (χ2v) is 4.59. The van der Waals surface area contributed by atoms with Gasteiger partial charge in [0.25, 0.3) is 5.91 Å². The number of carbonyl (C=O) groups is 2. The highest BCUT2D eigenvalue weighted by atomic mass is 16.5. The number of nitrogens with one attached hydrogen (secondary N) is 1. The first kappa shape index (κ1) is 16.4. The van der Waals surface area contributed by atoms with Crippen LogP contribution in [0.15, 0.2) is 48.5 Å². The quantitative estimate of drug-likeness (QED) is 0.820. The lowest BCUT2D eigenvalue weighted by Gasteiger charge is -2.11. The molecule has 6 nitrogen and oxygen atoms in total. The number of benzene rings is 2. The van der Waals surface area contributed by atoms with Crippen molar-refractivity contribution in [3.05, 3.63) is 54.1 Å². The van der Waals surface area contributed by atoms with E-state index in [0.717, 1.165) is 0 Å². The Morgan fingerprint density at radius 2 is 1.74 bits per heavy atom. The van der Waals surface area contributed by atoms with Gasteiger partial charge in [0.15, 0.2) is 6.61 Å². The van der Waals surface area contributed by atoms with Gasteiger partial charge in [0.2, 0.25) is 0 Å². The molecule has 23 heavy (non-hydrogen) atoms. The maximum absolute atomic E-state index is 12.2. The summed E-state index contributed by atoms with van der Waals surface area (Å²) in [4.78, 5) is 22.7. The molecule has 120 valence electrons. The van der Waals surface area contributed by atoms with Crippen LogP contribution < -0.4 is 14.8 Å². The van der Waals surface area contributed by atoms with Crippen LogP contribution in [0.2, 0.25) is 0 Å². The predicted octanol–water partition coefficient (Wildman–Crippen LogP) is 2.80. The Bertz CT molecular complexity index is 682. The normalized spacial score (nSPS) is 9.96. The van der Waals surface area contributed by atoms with Crippen LogP contribution in [0.5, 0.6) is 11.5 Å². The number of aliphatic carboxylic acids is 1. The van der Waals surface area contributed by atoms with Crippen molar-refractivity contribution in [1.82, 2.24) is 0 Å². The van der Waals surface area contributed by atoms with Crippen LogP contribution in [0, 0.1) is 0 Å². The van der Waals surface area contributed by atoms with E-state index in [1.54, 1.807) is 42.5 Å². The maximum Gasteiger partial charge on any atom is 0.341 e. The summed E-state index contributed by atoms with van der Waals surface area (Å²) in [6, 6.07) is 13.4. The number of para-hydroxylation sites is 2. The molecular weight excluding hydrogens is 298 g/mol. The third kappa shape index (κ3) is 4.74. The summed E-state index contributed by atoms with van der Waals surface area (Å²) in [5, 5.41) is 11.3. The Morgan fingerprint density at radius 1 is 1.04 bits per heavy atom. The zero-order valence-corrected chi connectivity index (χ0v) is 12.6. The Morgan fingerprint density at radius 3 is 2.39 bits per heavy atom. The number of anilines is 1. The molecule has 0 aromatic heterocycles. The zero-order valence-electron chi connectivity index (χ0n) is 12.6. The van der Waals surface area contributed by atoms with Crippen LogP contribution in [0.1, 0.15) is 17.3 Å². The van der Waals surface area contributed by atoms with Crippen LogP contribution in [0.25, 0.3) is 0 Å². The Hall–Kier alpha value is -3.02. The van der Waals surface area contributed by atoms with Gasteiger partial charge in [0.05, 0.1) is 12.3 Å². The smallest absolute Gasteiger partial charge is 0.341 e. The molecule has 0 saturated heterocycles. The number of carboxylic acids is 1. The molecule has 2 aromatic carbocycles. The van der Waals surface area contributed by atoms with Crippen molar-refractivity contribution in [3.63, 3.8) is 0 Å². The number of hydrogen-bond acceptors (Lipinski definition) is 4. The predicted molar refractivity (Wildman–Crippen MR) is 85.1 cm³/mol. The van der Waals surface area contributed by atoms with E-state index in [1.165, 1.54) is 0 Å². The summed E-state index contributed by atoms with van der Waals surface area (Å²) in [6.45, 7) is 1.95. The van der Waals surface area contributed by atoms with Gasteiger partial charge in [-0.05, 0) is 43.3 Å². The molecule has 2 N–H and O–H groups in total. The lowest BCUT2D eigenvalue weighted by atomic mass is 10.2. The van der Waals surface area contributed by atoms with Crippen LogP contribution >= 0.6 is 0 Å². The topological polar surface area (TPSA) is 84.9 Å². The molecule has 0 aliphatic carbocycles. The first-order valence-corrected chi connectivity index (χ1v) is 7.08. The molecule has 0 spiro atoms. The SMILES string of the molecule is CCOc1ccccc1NC(=O)c1ccc(OCC(=O)O)cc1. The van der Waals surface area contributed by atoms with Crippen molar-refractivity contribution >= 4 is 17.6 Å². The number of carboxylic acid groups (broad SMARTS) is 1. The summed E-state index contributed by atoms with van der Waals surface area (Å²) in [5.74, 6) is -0.357. The molecule has 6 heteroatoms. The Labute approximate surface area is 133 Å². The summed E-state index contributed by atoms with van der Waals surface area (Å²) in [6.07, 6.45) is 0. The minimum atomic E-state index is -1.06. The molecule has 2 rings (SSSR count).